The summed E-state index contributed by atoms with van der Waals surface area (Å²) in [6.07, 6.45) is 0. The topological polar surface area (TPSA) is 0 Å². The molecule has 0 aliphatic rings. The van der Waals surface area contributed by atoms with Gasteiger partial charge < -0.3 is 0 Å². The largest absolute Gasteiger partial charge is 1.00 e. The molecule has 6 heteroatoms. The normalized spacial score (nSPS) is 12.7. The van der Waals surface area contributed by atoms with E-state index in [1.165, 1.54) is 0 Å². The Morgan fingerprint density at radius 1 is 0.833 bits per heavy atom. The quantitative estimate of drug-likeness (QED) is 0.397. The second-order valence-electron chi connectivity index (χ2n) is 0.383. The minimum atomic E-state index is -6.39. The first-order valence-corrected chi connectivity index (χ1v) is 2.03. The fourth-order valence-corrected chi connectivity index (χ4v) is 0. The molecule has 0 atom stereocenters. The van der Waals surface area contributed by atoms with Crippen LogP contribution >= 0.6 is 8.51 Å². The van der Waals surface area contributed by atoms with Crippen molar-refractivity contribution in [3.05, 3.63) is 0 Å². The Hall–Kier alpha value is 2.20. The molecule has 0 saturated carbocycles. The molecule has 0 heterocycles. The summed E-state index contributed by atoms with van der Waals surface area (Å²) in [5.41, 5.74) is 0. The van der Waals surface area contributed by atoms with Gasteiger partial charge >= 0.3 is 94.2 Å². The molecule has 34 valence electrons. The summed E-state index contributed by atoms with van der Waals surface area (Å²) in [5.74, 6) is 0. The average molecular weight is 240 g/mol. The van der Waals surface area contributed by atoms with Gasteiger partial charge in [0.2, 0.25) is 0 Å². The molecule has 0 rings (SSSR count). The van der Waals surface area contributed by atoms with Gasteiger partial charge in [0.15, 0.2) is 0 Å². The Balaban J connectivity index is 0. The number of hydrogen-bond donors (Lipinski definition) is 0. The van der Waals surface area contributed by atoms with Gasteiger partial charge in [-0.15, -0.1) is 0 Å². The monoisotopic (exact) mass is 240 g/mol. The van der Waals surface area contributed by atoms with E-state index in [1.54, 1.807) is 0 Å². The van der Waals surface area contributed by atoms with E-state index in [9.17, 15) is 16.8 Å². The smallest absolute Gasteiger partial charge is 1.00 e. The van der Waals surface area contributed by atoms with Crippen molar-refractivity contribution in [1.29, 1.82) is 0 Å². The molecule has 0 saturated heterocycles. The molecule has 0 N–H and O–H groups in total. The summed E-state index contributed by atoms with van der Waals surface area (Å²) >= 11 is 0. The Morgan fingerprint density at radius 2 is 0.833 bits per heavy atom. The van der Waals surface area contributed by atoms with Gasteiger partial charge in [-0.2, -0.15) is 0 Å². The summed E-state index contributed by atoms with van der Waals surface area (Å²) in [5, 5.41) is 0. The summed E-state index contributed by atoms with van der Waals surface area (Å²) in [4.78, 5) is 0. The van der Waals surface area contributed by atoms with E-state index in [-0.39, 0.29) is 68.9 Å². The molecule has 0 unspecified atom stereocenters. The van der Waals surface area contributed by atoms with Crippen molar-refractivity contribution in [2.24, 2.45) is 0 Å². The maximum absolute atomic E-state index is 9.80. The molecule has 0 aromatic heterocycles. The molecule has 0 radical (unpaired) electrons. The zero-order valence-electron chi connectivity index (χ0n) is 2.96. The van der Waals surface area contributed by atoms with Crippen LogP contribution in [-0.2, 0) is 0 Å². The third kappa shape index (κ3) is 34.6. The molecule has 6 heavy (non-hydrogen) atoms. The van der Waals surface area contributed by atoms with Gasteiger partial charge in [-0.3, -0.25) is 0 Å². The zero-order chi connectivity index (χ0) is 4.50. The first-order chi connectivity index (χ1) is 2.00. The molecule has 0 aromatic carbocycles. The van der Waals surface area contributed by atoms with Gasteiger partial charge in [-0.1, -0.05) is 0 Å². The summed E-state index contributed by atoms with van der Waals surface area (Å²) in [7, 11) is -6.39. The van der Waals surface area contributed by atoms with Crippen LogP contribution in [-0.4, -0.2) is 0 Å². The number of halogens is 4. The Kier molecular flexibility index (Phi) is 7.59. The van der Waals surface area contributed by atoms with Crippen molar-refractivity contribution in [3.8, 4) is 0 Å². The Morgan fingerprint density at radius 3 is 0.833 bits per heavy atom. The molecule has 0 aromatic rings. The SMILES string of the molecule is F[P-](F)(F)F.[Cs+]. The second-order valence-corrected chi connectivity index (χ2v) is 1.15. The molecule has 0 aliphatic heterocycles. The van der Waals surface area contributed by atoms with Crippen molar-refractivity contribution in [2.75, 3.05) is 0 Å². The fourth-order valence-electron chi connectivity index (χ4n) is 0. The summed E-state index contributed by atoms with van der Waals surface area (Å²) in [6.45, 7) is 0. The number of rotatable bonds is 0. The fraction of sp³-hybridized carbons (Fsp3) is 0. The van der Waals surface area contributed by atoms with E-state index in [2.05, 4.69) is 0 Å². The molecule has 0 amide bonds. The van der Waals surface area contributed by atoms with Gasteiger partial charge in [0.05, 0.1) is 0 Å². The van der Waals surface area contributed by atoms with E-state index >= 15 is 0 Å². The minimum absolute atomic E-state index is 0. The van der Waals surface area contributed by atoms with Crippen molar-refractivity contribution in [2.45, 2.75) is 0 Å². The third-order valence-corrected chi connectivity index (χ3v) is 0. The van der Waals surface area contributed by atoms with Crippen LogP contribution < -0.4 is 68.9 Å². The zero-order valence-corrected chi connectivity index (χ0v) is 10.1. The van der Waals surface area contributed by atoms with E-state index in [0.717, 1.165) is 0 Å². The van der Waals surface area contributed by atoms with Crippen LogP contribution in [0.3, 0.4) is 0 Å². The summed E-state index contributed by atoms with van der Waals surface area (Å²) < 4.78 is 39.2. The van der Waals surface area contributed by atoms with Gasteiger partial charge in [-0.25, -0.2) is 0 Å². The van der Waals surface area contributed by atoms with Crippen molar-refractivity contribution >= 4 is 8.51 Å². The van der Waals surface area contributed by atoms with Crippen LogP contribution in [0.15, 0.2) is 0 Å². The van der Waals surface area contributed by atoms with E-state index in [1.807, 2.05) is 0 Å². The van der Waals surface area contributed by atoms with Crippen LogP contribution in [0, 0.1) is 0 Å². The molecule has 0 nitrogen and oxygen atoms in total. The first kappa shape index (κ1) is 11.1. The standard InChI is InChI=1S/Cs.F4P/c;1-5(2,3)4/q+1;-1. The number of hydrogen-bond acceptors (Lipinski definition) is 0. The minimum Gasteiger partial charge on any atom is 1.00 e. The predicted molar refractivity (Wildman–Crippen MR) is 11.4 cm³/mol. The molecule has 0 spiro atoms. The molecular formula is CsF4P. The average Bonchev–Trinajstić information content (AvgIpc) is 0.722. The Bertz CT molecular complexity index is 23.0. The summed E-state index contributed by atoms with van der Waals surface area (Å²) in [6, 6.07) is 0. The van der Waals surface area contributed by atoms with Gasteiger partial charge in [0.1, 0.15) is 0 Å². The predicted octanol–water partition coefficient (Wildman–Crippen LogP) is -0.454. The third-order valence-electron chi connectivity index (χ3n) is 0. The van der Waals surface area contributed by atoms with E-state index < -0.39 is 8.51 Å². The van der Waals surface area contributed by atoms with Crippen molar-refractivity contribution < 1.29 is 85.7 Å². The van der Waals surface area contributed by atoms with Gasteiger partial charge in [0, 0.05) is 0 Å². The van der Waals surface area contributed by atoms with Crippen molar-refractivity contribution in [3.63, 3.8) is 0 Å². The molecule has 0 aliphatic carbocycles. The van der Waals surface area contributed by atoms with E-state index in [0.29, 0.717) is 0 Å². The van der Waals surface area contributed by atoms with Crippen LogP contribution in [0.5, 0.6) is 0 Å². The van der Waals surface area contributed by atoms with Gasteiger partial charge in [-0.05, 0) is 0 Å². The molecule has 0 bridgehead atoms. The first-order valence-electron chi connectivity index (χ1n) is 0.676. The maximum atomic E-state index is 9.80. The van der Waals surface area contributed by atoms with E-state index in [4.69, 9.17) is 0 Å². The van der Waals surface area contributed by atoms with Gasteiger partial charge in [0.25, 0.3) is 0 Å². The van der Waals surface area contributed by atoms with Crippen LogP contribution in [0.1, 0.15) is 0 Å². The second kappa shape index (κ2) is 4.12. The van der Waals surface area contributed by atoms with Crippen LogP contribution in [0.4, 0.5) is 16.8 Å². The van der Waals surface area contributed by atoms with Crippen LogP contribution in [0.25, 0.3) is 0 Å². The molecule has 0 fully saturated rings. The van der Waals surface area contributed by atoms with Crippen LogP contribution in [0.2, 0.25) is 0 Å². The van der Waals surface area contributed by atoms with Crippen molar-refractivity contribution in [1.82, 2.24) is 0 Å². The molecular weight excluding hydrogens is 240 g/mol. The maximum Gasteiger partial charge on any atom is 1.00 e. The Labute approximate surface area is 91.9 Å².